The molecule has 0 radical (unpaired) electrons. The standard InChI is InChI=1S/C36H37N7O3S3/c1-20-26(17-38-43(20)19-36-14-21-11-22(15-36)13-23(12-21)16-36)24-7-9-27-25(32(24)34(45)46-2)8-10-31(39-27)40-35-37-18-30(47-35)33(44)42-49-41-28-5-3-4-6-29(28)48-49/h3-10,17-18,21-23,41,49H,11-16,19H2,1-2H3,(H,42,44)(H,37,39,40). The number of methoxy groups -OCH3 is 1. The van der Waals surface area contributed by atoms with Gasteiger partial charge in [0.25, 0.3) is 5.91 Å². The van der Waals surface area contributed by atoms with Gasteiger partial charge in [0.05, 0.1) is 36.3 Å². The zero-order valence-corrected chi connectivity index (χ0v) is 29.8. The zero-order chi connectivity index (χ0) is 33.3. The van der Waals surface area contributed by atoms with Gasteiger partial charge in [-0.05, 0) is 120 Å². The summed E-state index contributed by atoms with van der Waals surface area (Å²) < 4.78 is 13.9. The molecule has 3 N–H and O–H groups in total. The van der Waals surface area contributed by atoms with Crippen molar-refractivity contribution in [3.8, 4) is 11.1 Å². The van der Waals surface area contributed by atoms with E-state index in [-0.39, 0.29) is 5.91 Å². The number of hydrogen-bond donors (Lipinski definition) is 4. The van der Waals surface area contributed by atoms with E-state index in [9.17, 15) is 9.59 Å². The fourth-order valence-electron chi connectivity index (χ4n) is 9.11. The van der Waals surface area contributed by atoms with Crippen molar-refractivity contribution in [2.75, 3.05) is 17.1 Å². The Hall–Kier alpha value is -4.07. The third-order valence-electron chi connectivity index (χ3n) is 10.8. The molecule has 5 aliphatic rings. The first-order chi connectivity index (χ1) is 23.8. The van der Waals surface area contributed by atoms with Crippen molar-refractivity contribution in [3.63, 3.8) is 0 Å². The molecule has 1 unspecified atom stereocenters. The predicted octanol–water partition coefficient (Wildman–Crippen LogP) is 8.30. The number of nitrogens with one attached hydrogen (secondary N) is 3. The predicted molar refractivity (Wildman–Crippen MR) is 197 cm³/mol. The van der Waals surface area contributed by atoms with E-state index < -0.39 is 16.3 Å². The van der Waals surface area contributed by atoms with Gasteiger partial charge in [-0.3, -0.25) is 14.2 Å². The molecule has 4 heterocycles. The van der Waals surface area contributed by atoms with Crippen LogP contribution in [0.3, 0.4) is 0 Å². The van der Waals surface area contributed by atoms with Crippen LogP contribution in [0.5, 0.6) is 0 Å². The fraction of sp³-hybridized carbons (Fsp3) is 0.361. The van der Waals surface area contributed by atoms with E-state index >= 15 is 0 Å². The van der Waals surface area contributed by atoms with Gasteiger partial charge in [0, 0.05) is 33.6 Å². The first-order valence-electron chi connectivity index (χ1n) is 16.8. The fourth-order valence-corrected chi connectivity index (χ4v) is 13.3. The van der Waals surface area contributed by atoms with E-state index in [2.05, 4.69) is 31.4 Å². The largest absolute Gasteiger partial charge is 0.465 e. The summed E-state index contributed by atoms with van der Waals surface area (Å²) in [4.78, 5) is 37.2. The molecule has 2 aromatic carbocycles. The Morgan fingerprint density at radius 2 is 1.80 bits per heavy atom. The number of anilines is 3. The lowest BCUT2D eigenvalue weighted by molar-refractivity contribution is -0.0638. The molecular weight excluding hydrogens is 675 g/mol. The van der Waals surface area contributed by atoms with Crippen LogP contribution in [-0.4, -0.2) is 38.7 Å². The molecule has 5 aromatic rings. The highest BCUT2D eigenvalue weighted by Gasteiger charge is 2.51. The number of esters is 1. The van der Waals surface area contributed by atoms with Gasteiger partial charge < -0.3 is 14.8 Å². The summed E-state index contributed by atoms with van der Waals surface area (Å²) in [5.41, 5.74) is 5.33. The smallest absolute Gasteiger partial charge is 0.339 e. The van der Waals surface area contributed by atoms with Crippen LogP contribution in [0, 0.1) is 30.1 Å². The van der Waals surface area contributed by atoms with E-state index in [0.29, 0.717) is 37.7 Å². The number of hydrogen-bond acceptors (Lipinski definition) is 10. The van der Waals surface area contributed by atoms with Gasteiger partial charge in [0.15, 0.2) is 5.13 Å². The summed E-state index contributed by atoms with van der Waals surface area (Å²) in [5, 5.41) is 9.37. The number of ether oxygens (including phenoxy) is 1. The molecule has 4 fully saturated rings. The Morgan fingerprint density at radius 3 is 2.55 bits per heavy atom. The number of benzene rings is 2. The number of rotatable bonds is 8. The van der Waals surface area contributed by atoms with Crippen molar-refractivity contribution in [3.05, 3.63) is 77.1 Å². The summed E-state index contributed by atoms with van der Waals surface area (Å²) in [6.45, 7) is 3.07. The van der Waals surface area contributed by atoms with E-state index in [1.54, 1.807) is 17.0 Å². The molecule has 3 aromatic heterocycles. The van der Waals surface area contributed by atoms with E-state index in [1.807, 2.05) is 54.7 Å². The summed E-state index contributed by atoms with van der Waals surface area (Å²) in [7, 11) is 2.08. The Morgan fingerprint density at radius 1 is 1.02 bits per heavy atom. The first-order valence-corrected chi connectivity index (χ1v) is 20.3. The van der Waals surface area contributed by atoms with Gasteiger partial charge in [-0.25, -0.2) is 14.8 Å². The van der Waals surface area contributed by atoms with E-state index in [1.165, 1.54) is 57.0 Å². The molecular formula is C36H37N7O3S3. The number of aromatic nitrogens is 4. The molecule has 1 atom stereocenters. The van der Waals surface area contributed by atoms with Gasteiger partial charge in [-0.1, -0.05) is 29.5 Å². The molecule has 4 aliphatic carbocycles. The second-order valence-electron chi connectivity index (χ2n) is 14.1. The number of carbonyl (C=O) groups excluding carboxylic acids is 2. The summed E-state index contributed by atoms with van der Waals surface area (Å²) in [5.74, 6) is 2.62. The van der Waals surface area contributed by atoms with Crippen LogP contribution in [0.2, 0.25) is 0 Å². The number of para-hydroxylation sites is 1. The quantitative estimate of drug-likeness (QED) is 0.0715. The second-order valence-corrected chi connectivity index (χ2v) is 18.4. The van der Waals surface area contributed by atoms with Crippen LogP contribution in [0.4, 0.5) is 16.6 Å². The van der Waals surface area contributed by atoms with Crippen LogP contribution in [0.25, 0.3) is 22.0 Å². The summed E-state index contributed by atoms with van der Waals surface area (Å²) in [6.07, 6.45) is 11.7. The highest BCUT2D eigenvalue weighted by Crippen LogP contribution is 2.60. The van der Waals surface area contributed by atoms with Crippen molar-refractivity contribution in [1.82, 2.24) is 24.5 Å². The second kappa shape index (κ2) is 12.1. The highest BCUT2D eigenvalue weighted by molar-refractivity contribution is 8.85. The van der Waals surface area contributed by atoms with E-state index in [4.69, 9.17) is 14.8 Å². The van der Waals surface area contributed by atoms with E-state index in [0.717, 1.165) is 51.7 Å². The number of thiazole rings is 1. The average Bonchev–Trinajstić information content (AvgIpc) is 3.81. The molecule has 0 spiro atoms. The minimum atomic E-state index is -0.961. The van der Waals surface area contributed by atoms with Gasteiger partial charge in [-0.2, -0.15) is 5.10 Å². The Labute approximate surface area is 294 Å². The summed E-state index contributed by atoms with van der Waals surface area (Å²) >= 11 is 1.26. The molecule has 4 saturated carbocycles. The number of thiol groups is 1. The lowest BCUT2D eigenvalue weighted by Crippen LogP contribution is -2.48. The van der Waals surface area contributed by atoms with Gasteiger partial charge >= 0.3 is 5.97 Å². The maximum absolute atomic E-state index is 13.3. The molecule has 13 heteroatoms. The van der Waals surface area contributed by atoms with Gasteiger partial charge in [0.1, 0.15) is 10.7 Å². The van der Waals surface area contributed by atoms with Gasteiger partial charge in [0.2, 0.25) is 0 Å². The molecule has 10 rings (SSSR count). The molecule has 10 nitrogen and oxygen atoms in total. The normalized spacial score (nSPS) is 25.6. The SMILES string of the molecule is COC(=O)c1c(-c2cnn(CC34CC5CC(CC(C5)C3)C4)c2C)ccc2nc(Nc3ncc(C(=O)N[SH]4Nc5ccccc5S4)s3)ccc12. The lowest BCUT2D eigenvalue weighted by atomic mass is 9.49. The maximum atomic E-state index is 13.3. The Bertz CT molecular complexity index is 2070. The number of pyridine rings is 1. The van der Waals surface area contributed by atoms with Crippen molar-refractivity contribution < 1.29 is 14.3 Å². The average molecular weight is 712 g/mol. The zero-order valence-electron chi connectivity index (χ0n) is 27.2. The summed E-state index contributed by atoms with van der Waals surface area (Å²) in [6, 6.07) is 15.6. The van der Waals surface area contributed by atoms with Crippen molar-refractivity contribution >= 4 is 71.8 Å². The minimum Gasteiger partial charge on any atom is -0.465 e. The maximum Gasteiger partial charge on any atom is 0.339 e. The molecule has 1 amide bonds. The number of nitrogens with zero attached hydrogens (tertiary/aromatic N) is 4. The molecule has 49 heavy (non-hydrogen) atoms. The molecule has 0 saturated heterocycles. The van der Waals surface area contributed by atoms with Crippen LogP contribution in [0.1, 0.15) is 64.2 Å². The Balaban J connectivity index is 0.941. The lowest BCUT2D eigenvalue weighted by Gasteiger charge is -2.56. The highest BCUT2D eigenvalue weighted by atomic mass is 33.1. The topological polar surface area (TPSA) is 123 Å². The molecule has 4 bridgehead atoms. The minimum absolute atomic E-state index is 0.178. The van der Waals surface area contributed by atoms with Crippen molar-refractivity contribution in [2.24, 2.45) is 23.2 Å². The van der Waals surface area contributed by atoms with Crippen LogP contribution >= 0.6 is 32.4 Å². The Kier molecular flexibility index (Phi) is 7.62. The van der Waals surface area contributed by atoms with Crippen LogP contribution < -0.4 is 14.8 Å². The van der Waals surface area contributed by atoms with Crippen LogP contribution in [-0.2, 0) is 11.3 Å². The first kappa shape index (κ1) is 30.9. The van der Waals surface area contributed by atoms with Gasteiger partial charge in [-0.15, -0.1) is 0 Å². The molecule has 1 aliphatic heterocycles. The number of amides is 1. The number of carbonyl (C=O) groups is 2. The molecule has 252 valence electrons. The number of fused-ring (bicyclic) bond motifs is 2. The third-order valence-corrected chi connectivity index (χ3v) is 15.0. The monoisotopic (exact) mass is 711 g/mol. The van der Waals surface area contributed by atoms with Crippen molar-refractivity contribution in [1.29, 1.82) is 0 Å². The third kappa shape index (κ3) is 5.65. The van der Waals surface area contributed by atoms with Crippen LogP contribution in [0.15, 0.2) is 65.8 Å². The van der Waals surface area contributed by atoms with Crippen molar-refractivity contribution in [2.45, 2.75) is 56.9 Å².